The summed E-state index contributed by atoms with van der Waals surface area (Å²) in [4.78, 5) is 26.6. The number of likely N-dealkylation sites (tertiary alicyclic amines) is 1. The third-order valence-corrected chi connectivity index (χ3v) is 4.90. The van der Waals surface area contributed by atoms with Gasteiger partial charge >= 0.3 is 0 Å². The Labute approximate surface area is 165 Å². The van der Waals surface area contributed by atoms with Gasteiger partial charge in [-0.25, -0.2) is 0 Å². The molecule has 3 rings (SSSR count). The Morgan fingerprint density at radius 2 is 1.68 bits per heavy atom. The molecule has 2 aromatic carbocycles. The Morgan fingerprint density at radius 1 is 1.00 bits per heavy atom. The fraction of sp³-hybridized carbons (Fsp3) is 0.364. The Kier molecular flexibility index (Phi) is 7.03. The molecule has 0 radical (unpaired) electrons. The van der Waals surface area contributed by atoms with Gasteiger partial charge in [0.05, 0.1) is 20.1 Å². The van der Waals surface area contributed by atoms with E-state index >= 15 is 0 Å². The van der Waals surface area contributed by atoms with Crippen molar-refractivity contribution in [3.05, 3.63) is 60.2 Å². The van der Waals surface area contributed by atoms with Gasteiger partial charge in [0.15, 0.2) is 0 Å². The molecule has 1 aliphatic heterocycles. The van der Waals surface area contributed by atoms with E-state index in [1.807, 2.05) is 54.6 Å². The van der Waals surface area contributed by atoms with Gasteiger partial charge < -0.3 is 15.4 Å². The predicted molar refractivity (Wildman–Crippen MR) is 109 cm³/mol. The minimum absolute atomic E-state index is 0.00630. The van der Waals surface area contributed by atoms with E-state index in [2.05, 4.69) is 15.5 Å². The number of carbonyl (C=O) groups excluding carboxylic acids is 2. The van der Waals surface area contributed by atoms with Crippen molar-refractivity contribution >= 4 is 17.5 Å². The molecular weight excluding hydrogens is 354 g/mol. The van der Waals surface area contributed by atoms with Gasteiger partial charge in [0.2, 0.25) is 11.8 Å². The van der Waals surface area contributed by atoms with Gasteiger partial charge in [0.25, 0.3) is 0 Å². The highest BCUT2D eigenvalue weighted by Crippen LogP contribution is 2.14. The lowest BCUT2D eigenvalue weighted by Gasteiger charge is -2.31. The van der Waals surface area contributed by atoms with Crippen LogP contribution >= 0.6 is 0 Å². The van der Waals surface area contributed by atoms with Gasteiger partial charge in [-0.05, 0) is 42.7 Å². The SMILES string of the molecule is COc1ccc(CC(=O)NC2CCN(CC(=O)Nc3ccccc3)CC2)cc1. The maximum Gasteiger partial charge on any atom is 0.238 e. The topological polar surface area (TPSA) is 70.7 Å². The van der Waals surface area contributed by atoms with Gasteiger partial charge in [-0.15, -0.1) is 0 Å². The lowest BCUT2D eigenvalue weighted by atomic mass is 10.0. The zero-order valence-electron chi connectivity index (χ0n) is 16.2. The van der Waals surface area contributed by atoms with Gasteiger partial charge in [-0.1, -0.05) is 30.3 Å². The van der Waals surface area contributed by atoms with Crippen LogP contribution in [0.5, 0.6) is 5.75 Å². The summed E-state index contributed by atoms with van der Waals surface area (Å²) in [5.74, 6) is 0.812. The molecule has 1 saturated heterocycles. The Balaban J connectivity index is 1.37. The number of nitrogens with zero attached hydrogens (tertiary/aromatic N) is 1. The van der Waals surface area contributed by atoms with Crippen LogP contribution in [-0.4, -0.2) is 49.5 Å². The molecule has 1 fully saturated rings. The molecule has 1 heterocycles. The number of benzene rings is 2. The Hall–Kier alpha value is -2.86. The standard InChI is InChI=1S/C22H27N3O3/c1-28-20-9-7-17(8-10-20)15-21(26)23-19-11-13-25(14-12-19)16-22(27)24-18-5-3-2-4-6-18/h2-10,19H,11-16H2,1H3,(H,23,26)(H,24,27). The summed E-state index contributed by atoms with van der Waals surface area (Å²) in [6.45, 7) is 1.98. The molecular formula is C22H27N3O3. The first-order valence-electron chi connectivity index (χ1n) is 9.62. The third-order valence-electron chi connectivity index (χ3n) is 4.90. The molecule has 0 unspecified atom stereocenters. The van der Waals surface area contributed by atoms with Crippen LogP contribution in [0.2, 0.25) is 0 Å². The zero-order chi connectivity index (χ0) is 19.8. The lowest BCUT2D eigenvalue weighted by Crippen LogP contribution is -2.46. The van der Waals surface area contributed by atoms with E-state index in [-0.39, 0.29) is 17.9 Å². The molecule has 0 saturated carbocycles. The van der Waals surface area contributed by atoms with E-state index in [4.69, 9.17) is 4.74 Å². The number of methoxy groups -OCH3 is 1. The molecule has 28 heavy (non-hydrogen) atoms. The first-order chi connectivity index (χ1) is 13.6. The first-order valence-corrected chi connectivity index (χ1v) is 9.62. The van der Waals surface area contributed by atoms with E-state index in [0.29, 0.717) is 13.0 Å². The molecule has 0 bridgehead atoms. The van der Waals surface area contributed by atoms with Crippen molar-refractivity contribution < 1.29 is 14.3 Å². The highest BCUT2D eigenvalue weighted by molar-refractivity contribution is 5.92. The monoisotopic (exact) mass is 381 g/mol. The summed E-state index contributed by atoms with van der Waals surface area (Å²) < 4.78 is 5.13. The molecule has 0 aromatic heterocycles. The van der Waals surface area contributed by atoms with Crippen LogP contribution in [0, 0.1) is 0 Å². The number of ether oxygens (including phenoxy) is 1. The van der Waals surface area contributed by atoms with Crippen LogP contribution < -0.4 is 15.4 Å². The number of carbonyl (C=O) groups is 2. The van der Waals surface area contributed by atoms with E-state index < -0.39 is 0 Å². The number of amides is 2. The van der Waals surface area contributed by atoms with E-state index in [1.54, 1.807) is 7.11 Å². The summed E-state index contributed by atoms with van der Waals surface area (Å²) in [6, 6.07) is 17.2. The fourth-order valence-corrected chi connectivity index (χ4v) is 3.37. The summed E-state index contributed by atoms with van der Waals surface area (Å²) in [6.07, 6.45) is 2.07. The zero-order valence-corrected chi connectivity index (χ0v) is 16.2. The number of hydrogen-bond acceptors (Lipinski definition) is 4. The minimum atomic E-state index is -0.00630. The second-order valence-corrected chi connectivity index (χ2v) is 7.06. The molecule has 0 spiro atoms. The van der Waals surface area contributed by atoms with Crippen LogP contribution in [0.4, 0.5) is 5.69 Å². The van der Waals surface area contributed by atoms with Crippen LogP contribution in [0.1, 0.15) is 18.4 Å². The fourth-order valence-electron chi connectivity index (χ4n) is 3.37. The summed E-state index contributed by atoms with van der Waals surface area (Å²) in [5, 5.41) is 6.02. The van der Waals surface area contributed by atoms with Crippen molar-refractivity contribution in [2.75, 3.05) is 32.1 Å². The normalized spacial score (nSPS) is 15.0. The van der Waals surface area contributed by atoms with Crippen LogP contribution in [0.3, 0.4) is 0 Å². The number of para-hydroxylation sites is 1. The Bertz CT molecular complexity index is 769. The summed E-state index contributed by atoms with van der Waals surface area (Å²) >= 11 is 0. The van der Waals surface area contributed by atoms with Crippen LogP contribution in [-0.2, 0) is 16.0 Å². The van der Waals surface area contributed by atoms with Crippen molar-refractivity contribution in [3.8, 4) is 5.75 Å². The number of piperidine rings is 1. The van der Waals surface area contributed by atoms with E-state index in [9.17, 15) is 9.59 Å². The number of hydrogen-bond donors (Lipinski definition) is 2. The lowest BCUT2D eigenvalue weighted by molar-refractivity contribution is -0.122. The van der Waals surface area contributed by atoms with Crippen LogP contribution in [0.15, 0.2) is 54.6 Å². The second kappa shape index (κ2) is 9.90. The van der Waals surface area contributed by atoms with E-state index in [1.165, 1.54) is 0 Å². The van der Waals surface area contributed by atoms with Gasteiger partial charge in [-0.2, -0.15) is 0 Å². The second-order valence-electron chi connectivity index (χ2n) is 7.06. The average molecular weight is 381 g/mol. The predicted octanol–water partition coefficient (Wildman–Crippen LogP) is 2.46. The molecule has 2 aromatic rings. The number of anilines is 1. The molecule has 0 atom stereocenters. The average Bonchev–Trinajstić information content (AvgIpc) is 2.71. The summed E-state index contributed by atoms with van der Waals surface area (Å²) in [5.41, 5.74) is 1.78. The van der Waals surface area contributed by atoms with Crippen molar-refractivity contribution in [2.24, 2.45) is 0 Å². The Morgan fingerprint density at radius 3 is 2.32 bits per heavy atom. The highest BCUT2D eigenvalue weighted by Gasteiger charge is 2.22. The molecule has 2 amide bonds. The van der Waals surface area contributed by atoms with Gasteiger partial charge in [0, 0.05) is 24.8 Å². The van der Waals surface area contributed by atoms with Crippen molar-refractivity contribution in [1.29, 1.82) is 0 Å². The van der Waals surface area contributed by atoms with Gasteiger partial charge in [0.1, 0.15) is 5.75 Å². The molecule has 148 valence electrons. The molecule has 1 aliphatic rings. The molecule has 2 N–H and O–H groups in total. The van der Waals surface area contributed by atoms with Crippen LogP contribution in [0.25, 0.3) is 0 Å². The molecule has 0 aliphatic carbocycles. The highest BCUT2D eigenvalue weighted by atomic mass is 16.5. The van der Waals surface area contributed by atoms with Crippen molar-refractivity contribution in [2.45, 2.75) is 25.3 Å². The van der Waals surface area contributed by atoms with Crippen molar-refractivity contribution in [1.82, 2.24) is 10.2 Å². The maximum atomic E-state index is 12.3. The van der Waals surface area contributed by atoms with E-state index in [0.717, 1.165) is 42.9 Å². The first kappa shape index (κ1) is 19.9. The smallest absolute Gasteiger partial charge is 0.238 e. The third kappa shape index (κ3) is 6.09. The number of nitrogens with one attached hydrogen (secondary N) is 2. The maximum absolute atomic E-state index is 12.3. The van der Waals surface area contributed by atoms with Crippen molar-refractivity contribution in [3.63, 3.8) is 0 Å². The molecule has 6 heteroatoms. The quantitative estimate of drug-likeness (QED) is 0.773. The summed E-state index contributed by atoms with van der Waals surface area (Å²) in [7, 11) is 1.62. The largest absolute Gasteiger partial charge is 0.497 e. The number of rotatable bonds is 7. The van der Waals surface area contributed by atoms with Gasteiger partial charge in [-0.3, -0.25) is 14.5 Å². The minimum Gasteiger partial charge on any atom is -0.497 e. The molecule has 6 nitrogen and oxygen atoms in total.